The maximum atomic E-state index is 13.0. The van der Waals surface area contributed by atoms with Crippen LogP contribution in [0.4, 0.5) is 11.6 Å². The summed E-state index contributed by atoms with van der Waals surface area (Å²) in [5, 5.41) is 6.29. The maximum absolute atomic E-state index is 13.0. The summed E-state index contributed by atoms with van der Waals surface area (Å²) < 4.78 is 2.01. The topological polar surface area (TPSA) is 92.2 Å². The lowest BCUT2D eigenvalue weighted by Crippen LogP contribution is -2.29. The zero-order valence-corrected chi connectivity index (χ0v) is 19.9. The third kappa shape index (κ3) is 4.42. The van der Waals surface area contributed by atoms with Gasteiger partial charge in [-0.25, -0.2) is 4.98 Å². The number of fused-ring (bicyclic) bond motifs is 1. The predicted molar refractivity (Wildman–Crippen MR) is 134 cm³/mol. The number of nitrogens with one attached hydrogen (secondary N) is 2. The summed E-state index contributed by atoms with van der Waals surface area (Å²) in [6.07, 6.45) is 9.83. The van der Waals surface area contributed by atoms with Crippen molar-refractivity contribution < 1.29 is 4.79 Å². The summed E-state index contributed by atoms with van der Waals surface area (Å²) >= 11 is 0. The molecule has 1 saturated carbocycles. The van der Waals surface area contributed by atoms with E-state index in [4.69, 9.17) is 4.98 Å². The molecule has 178 valence electrons. The molecular formula is C26H32N6O2. The molecule has 8 heteroatoms. The number of amides is 1. The van der Waals surface area contributed by atoms with Gasteiger partial charge in [-0.2, -0.15) is 4.98 Å². The summed E-state index contributed by atoms with van der Waals surface area (Å²) in [7, 11) is 3.71. The van der Waals surface area contributed by atoms with Crippen molar-refractivity contribution in [2.24, 2.45) is 0 Å². The Morgan fingerprint density at radius 2 is 1.88 bits per heavy atom. The first-order valence-electron chi connectivity index (χ1n) is 12.2. The summed E-state index contributed by atoms with van der Waals surface area (Å²) in [6.45, 7) is 2.24. The number of nitrogens with zero attached hydrogens (tertiary/aromatic N) is 4. The average molecular weight is 461 g/mol. The van der Waals surface area contributed by atoms with Gasteiger partial charge in [0.2, 0.25) is 11.4 Å². The molecule has 5 rings (SSSR count). The van der Waals surface area contributed by atoms with Gasteiger partial charge in [0.05, 0.1) is 5.39 Å². The van der Waals surface area contributed by atoms with Gasteiger partial charge in [-0.05, 0) is 69.4 Å². The minimum absolute atomic E-state index is 0.136. The number of pyridine rings is 1. The van der Waals surface area contributed by atoms with Gasteiger partial charge in [-0.15, -0.1) is 0 Å². The highest BCUT2D eigenvalue weighted by molar-refractivity contribution is 5.96. The summed E-state index contributed by atoms with van der Waals surface area (Å²) in [6, 6.07) is 8.69. The molecular weight excluding hydrogens is 428 g/mol. The van der Waals surface area contributed by atoms with Gasteiger partial charge >= 0.3 is 0 Å². The number of piperidine rings is 1. The first-order valence-corrected chi connectivity index (χ1v) is 12.2. The van der Waals surface area contributed by atoms with Crippen molar-refractivity contribution in [3.63, 3.8) is 0 Å². The van der Waals surface area contributed by atoms with Crippen LogP contribution in [-0.4, -0.2) is 52.5 Å². The highest BCUT2D eigenvalue weighted by Gasteiger charge is 2.23. The molecule has 34 heavy (non-hydrogen) atoms. The normalized spacial score (nSPS) is 17.8. The van der Waals surface area contributed by atoms with E-state index in [-0.39, 0.29) is 22.9 Å². The first kappa shape index (κ1) is 22.5. The molecule has 0 atom stereocenters. The van der Waals surface area contributed by atoms with E-state index in [9.17, 15) is 9.59 Å². The van der Waals surface area contributed by atoms with Crippen LogP contribution in [0.2, 0.25) is 0 Å². The van der Waals surface area contributed by atoms with Crippen LogP contribution in [0.15, 0.2) is 41.5 Å². The molecule has 3 aromatic rings. The fourth-order valence-electron chi connectivity index (χ4n) is 5.29. The smallest absolute Gasteiger partial charge is 0.256 e. The second kappa shape index (κ2) is 9.54. The van der Waals surface area contributed by atoms with Crippen LogP contribution in [0.1, 0.15) is 66.4 Å². The Balaban J connectivity index is 1.49. The highest BCUT2D eigenvalue weighted by atomic mass is 16.2. The van der Waals surface area contributed by atoms with Crippen LogP contribution in [-0.2, 0) is 0 Å². The summed E-state index contributed by atoms with van der Waals surface area (Å²) in [5.74, 6) is 0.629. The van der Waals surface area contributed by atoms with E-state index >= 15 is 0 Å². The van der Waals surface area contributed by atoms with Gasteiger partial charge in [-0.3, -0.25) is 9.59 Å². The Bertz CT molecular complexity index is 1260. The van der Waals surface area contributed by atoms with E-state index in [0.29, 0.717) is 22.9 Å². The molecule has 3 heterocycles. The standard InChI is InChI=1S/C26H32N6O2/c1-27-25(34)22-16-32(20-8-3-4-9-20)24-21(23(22)33)15-28-26(30-24)29-19-7-5-6-18(14-19)17-10-12-31(2)13-11-17/h5-7,14-17,20H,3-4,8-13H2,1-2H3,(H,27,34)(H,28,29,30). The lowest BCUT2D eigenvalue weighted by Gasteiger charge is -2.29. The third-order valence-electron chi connectivity index (χ3n) is 7.29. The van der Waals surface area contributed by atoms with Crippen molar-refractivity contribution in [2.45, 2.75) is 50.5 Å². The zero-order chi connectivity index (χ0) is 23.7. The molecule has 2 aromatic heterocycles. The minimum Gasteiger partial charge on any atom is -0.355 e. The number of carbonyl (C=O) groups excluding carboxylic acids is 1. The Hall–Kier alpha value is -3.26. The molecule has 0 bridgehead atoms. The van der Waals surface area contributed by atoms with Crippen LogP contribution >= 0.6 is 0 Å². The number of anilines is 2. The van der Waals surface area contributed by atoms with Crippen LogP contribution in [0.3, 0.4) is 0 Å². The number of hydrogen-bond donors (Lipinski definition) is 2. The highest BCUT2D eigenvalue weighted by Crippen LogP contribution is 2.32. The first-order chi connectivity index (χ1) is 16.5. The molecule has 8 nitrogen and oxygen atoms in total. The third-order valence-corrected chi connectivity index (χ3v) is 7.29. The fourth-order valence-corrected chi connectivity index (χ4v) is 5.29. The number of likely N-dealkylation sites (tertiary alicyclic amines) is 1. The second-order valence-electron chi connectivity index (χ2n) is 9.56. The second-order valence-corrected chi connectivity index (χ2v) is 9.56. The van der Waals surface area contributed by atoms with Gasteiger partial charge in [0.15, 0.2) is 0 Å². The quantitative estimate of drug-likeness (QED) is 0.601. The van der Waals surface area contributed by atoms with Crippen molar-refractivity contribution in [1.29, 1.82) is 0 Å². The monoisotopic (exact) mass is 460 g/mol. The molecule has 2 aliphatic rings. The SMILES string of the molecule is CNC(=O)c1cn(C2CCCC2)c2nc(Nc3cccc(C4CCN(C)CC4)c3)ncc2c1=O. The molecule has 0 spiro atoms. The molecule has 0 radical (unpaired) electrons. The number of benzene rings is 1. The van der Waals surface area contributed by atoms with E-state index in [1.165, 1.54) is 12.6 Å². The van der Waals surface area contributed by atoms with Gasteiger partial charge in [0.25, 0.3) is 5.91 Å². The number of rotatable bonds is 5. The molecule has 1 aliphatic carbocycles. The molecule has 1 saturated heterocycles. The van der Waals surface area contributed by atoms with Crippen molar-refractivity contribution in [3.05, 3.63) is 58.0 Å². The summed E-state index contributed by atoms with van der Waals surface area (Å²) in [5.41, 5.74) is 2.65. The number of aromatic nitrogens is 3. The van der Waals surface area contributed by atoms with Gasteiger partial charge in [-0.1, -0.05) is 25.0 Å². The summed E-state index contributed by atoms with van der Waals surface area (Å²) in [4.78, 5) is 37.0. The molecule has 2 fully saturated rings. The maximum Gasteiger partial charge on any atom is 0.256 e. The Morgan fingerprint density at radius 1 is 1.12 bits per heavy atom. The van der Waals surface area contributed by atoms with Crippen molar-refractivity contribution in [3.8, 4) is 0 Å². The minimum atomic E-state index is -0.383. The Morgan fingerprint density at radius 3 is 2.62 bits per heavy atom. The van der Waals surface area contributed by atoms with Crippen molar-refractivity contribution in [2.75, 3.05) is 32.5 Å². The van der Waals surface area contributed by atoms with E-state index in [1.54, 1.807) is 12.4 Å². The number of hydrogen-bond acceptors (Lipinski definition) is 6. The molecule has 0 unspecified atom stereocenters. The predicted octanol–water partition coefficient (Wildman–Crippen LogP) is 3.82. The van der Waals surface area contributed by atoms with Crippen LogP contribution < -0.4 is 16.1 Å². The average Bonchev–Trinajstić information content (AvgIpc) is 3.39. The lowest BCUT2D eigenvalue weighted by atomic mass is 9.89. The van der Waals surface area contributed by atoms with E-state index in [0.717, 1.165) is 57.3 Å². The van der Waals surface area contributed by atoms with Crippen molar-refractivity contribution >= 4 is 28.6 Å². The largest absolute Gasteiger partial charge is 0.355 e. The fraction of sp³-hybridized carbons (Fsp3) is 0.462. The van der Waals surface area contributed by atoms with Gasteiger partial charge < -0.3 is 20.1 Å². The molecule has 2 N–H and O–H groups in total. The molecule has 1 aromatic carbocycles. The van der Waals surface area contributed by atoms with Crippen LogP contribution in [0, 0.1) is 0 Å². The van der Waals surface area contributed by atoms with E-state index in [2.05, 4.69) is 45.8 Å². The number of carbonyl (C=O) groups is 1. The Labute approximate surface area is 199 Å². The van der Waals surface area contributed by atoms with Crippen LogP contribution in [0.5, 0.6) is 0 Å². The molecule has 1 aliphatic heterocycles. The van der Waals surface area contributed by atoms with Gasteiger partial charge in [0, 0.05) is 31.2 Å². The van der Waals surface area contributed by atoms with Gasteiger partial charge in [0.1, 0.15) is 11.2 Å². The van der Waals surface area contributed by atoms with E-state index in [1.807, 2.05) is 10.6 Å². The Kier molecular flexibility index (Phi) is 6.32. The molecule has 1 amide bonds. The zero-order valence-electron chi connectivity index (χ0n) is 19.9. The van der Waals surface area contributed by atoms with E-state index < -0.39 is 0 Å². The van der Waals surface area contributed by atoms with Crippen LogP contribution in [0.25, 0.3) is 11.0 Å². The van der Waals surface area contributed by atoms with Crippen molar-refractivity contribution in [1.82, 2.24) is 24.8 Å². The lowest BCUT2D eigenvalue weighted by molar-refractivity contribution is 0.0961.